The van der Waals surface area contributed by atoms with E-state index >= 15 is 0 Å². The van der Waals surface area contributed by atoms with Crippen molar-refractivity contribution in [1.82, 2.24) is 24.7 Å². The molecule has 0 bridgehead atoms. The highest BCUT2D eigenvalue weighted by Gasteiger charge is 2.14. The van der Waals surface area contributed by atoms with Gasteiger partial charge in [0.05, 0.1) is 25.1 Å². The molecule has 0 aliphatic rings. The standard InChI is InChI=1S/C17H18FN5O2/c1-3-24-16-11-19-13(17(22-16)25-4-2)10-12-8-9-20-23(12)15-7-5-6-14(18)21-15/h5-9,11H,3-4,10H2,1-2H3. The van der Waals surface area contributed by atoms with Crippen LogP contribution in [0, 0.1) is 5.95 Å². The summed E-state index contributed by atoms with van der Waals surface area (Å²) >= 11 is 0. The molecule has 0 saturated carbocycles. The molecular weight excluding hydrogens is 325 g/mol. The van der Waals surface area contributed by atoms with Crippen molar-refractivity contribution in [3.63, 3.8) is 0 Å². The first-order valence-corrected chi connectivity index (χ1v) is 7.98. The van der Waals surface area contributed by atoms with Crippen LogP contribution in [-0.2, 0) is 6.42 Å². The molecule has 3 aromatic rings. The fourth-order valence-corrected chi connectivity index (χ4v) is 2.33. The first-order chi connectivity index (χ1) is 12.2. The smallest absolute Gasteiger partial charge is 0.239 e. The summed E-state index contributed by atoms with van der Waals surface area (Å²) in [6.45, 7) is 4.71. The van der Waals surface area contributed by atoms with Crippen molar-refractivity contribution in [2.75, 3.05) is 13.2 Å². The molecule has 7 nitrogen and oxygen atoms in total. The van der Waals surface area contributed by atoms with Gasteiger partial charge < -0.3 is 9.47 Å². The fourth-order valence-electron chi connectivity index (χ4n) is 2.33. The lowest BCUT2D eigenvalue weighted by atomic mass is 10.2. The Hall–Kier alpha value is -3.03. The van der Waals surface area contributed by atoms with Gasteiger partial charge in [0, 0.05) is 12.6 Å². The second kappa shape index (κ2) is 7.69. The van der Waals surface area contributed by atoms with Gasteiger partial charge >= 0.3 is 0 Å². The molecule has 0 amide bonds. The van der Waals surface area contributed by atoms with Crippen molar-refractivity contribution in [2.45, 2.75) is 20.3 Å². The summed E-state index contributed by atoms with van der Waals surface area (Å²) in [5.41, 5.74) is 1.43. The molecule has 130 valence electrons. The molecular formula is C17H18FN5O2. The Morgan fingerprint density at radius 2 is 1.92 bits per heavy atom. The van der Waals surface area contributed by atoms with Crippen LogP contribution in [0.25, 0.3) is 5.82 Å². The van der Waals surface area contributed by atoms with Gasteiger partial charge in [-0.05, 0) is 32.0 Å². The molecule has 0 aromatic carbocycles. The quantitative estimate of drug-likeness (QED) is 0.614. The van der Waals surface area contributed by atoms with Gasteiger partial charge in [-0.25, -0.2) is 14.6 Å². The zero-order valence-corrected chi connectivity index (χ0v) is 14.0. The third-order valence-electron chi connectivity index (χ3n) is 3.35. The van der Waals surface area contributed by atoms with E-state index in [1.165, 1.54) is 6.07 Å². The second-order valence-electron chi connectivity index (χ2n) is 5.06. The van der Waals surface area contributed by atoms with Gasteiger partial charge in [0.25, 0.3) is 0 Å². The summed E-state index contributed by atoms with van der Waals surface area (Å²) < 4.78 is 25.9. The third-order valence-corrected chi connectivity index (χ3v) is 3.35. The van der Waals surface area contributed by atoms with E-state index in [2.05, 4.69) is 20.1 Å². The van der Waals surface area contributed by atoms with E-state index in [1.54, 1.807) is 29.2 Å². The number of rotatable bonds is 7. The van der Waals surface area contributed by atoms with Crippen LogP contribution >= 0.6 is 0 Å². The van der Waals surface area contributed by atoms with Gasteiger partial charge in [-0.3, -0.25) is 0 Å². The van der Waals surface area contributed by atoms with Crippen LogP contribution in [0.5, 0.6) is 11.8 Å². The van der Waals surface area contributed by atoms with Crippen LogP contribution in [0.2, 0.25) is 0 Å². The van der Waals surface area contributed by atoms with E-state index in [-0.39, 0.29) is 0 Å². The average Bonchev–Trinajstić information content (AvgIpc) is 3.06. The van der Waals surface area contributed by atoms with Gasteiger partial charge in [0.1, 0.15) is 5.69 Å². The van der Waals surface area contributed by atoms with Gasteiger partial charge in [0.15, 0.2) is 5.82 Å². The monoisotopic (exact) mass is 343 g/mol. The Bertz CT molecular complexity index is 853. The molecule has 0 N–H and O–H groups in total. The van der Waals surface area contributed by atoms with E-state index < -0.39 is 5.95 Å². The molecule has 8 heteroatoms. The van der Waals surface area contributed by atoms with Crippen molar-refractivity contribution in [3.05, 3.63) is 54.0 Å². The predicted octanol–water partition coefficient (Wildman–Crippen LogP) is 2.58. The number of hydrogen-bond acceptors (Lipinski definition) is 6. The Morgan fingerprint density at radius 3 is 2.68 bits per heavy atom. The van der Waals surface area contributed by atoms with E-state index in [1.807, 2.05) is 19.9 Å². The number of ether oxygens (including phenoxy) is 2. The molecule has 0 spiro atoms. The number of aromatic nitrogens is 5. The number of nitrogens with zero attached hydrogens (tertiary/aromatic N) is 5. The van der Waals surface area contributed by atoms with Crippen molar-refractivity contribution < 1.29 is 13.9 Å². The number of hydrogen-bond donors (Lipinski definition) is 0. The molecule has 3 rings (SSSR count). The van der Waals surface area contributed by atoms with E-state index in [0.29, 0.717) is 42.9 Å². The fraction of sp³-hybridized carbons (Fsp3) is 0.294. The van der Waals surface area contributed by atoms with Crippen LogP contribution in [0.15, 0.2) is 36.7 Å². The van der Waals surface area contributed by atoms with Crippen LogP contribution in [0.4, 0.5) is 4.39 Å². The van der Waals surface area contributed by atoms with Crippen molar-refractivity contribution in [2.24, 2.45) is 0 Å². The first-order valence-electron chi connectivity index (χ1n) is 7.98. The minimum atomic E-state index is -0.560. The van der Waals surface area contributed by atoms with Crippen LogP contribution in [0.1, 0.15) is 25.2 Å². The first kappa shape index (κ1) is 16.8. The Morgan fingerprint density at radius 1 is 1.08 bits per heavy atom. The summed E-state index contributed by atoms with van der Waals surface area (Å²) in [5, 5.41) is 4.22. The second-order valence-corrected chi connectivity index (χ2v) is 5.06. The molecule has 0 fully saturated rings. The largest absolute Gasteiger partial charge is 0.477 e. The Kier molecular flexibility index (Phi) is 5.17. The topological polar surface area (TPSA) is 75.0 Å². The van der Waals surface area contributed by atoms with Gasteiger partial charge in [-0.2, -0.15) is 14.5 Å². The minimum absolute atomic E-state index is 0.400. The van der Waals surface area contributed by atoms with Crippen LogP contribution < -0.4 is 9.47 Å². The van der Waals surface area contributed by atoms with Crippen LogP contribution in [0.3, 0.4) is 0 Å². The van der Waals surface area contributed by atoms with Crippen molar-refractivity contribution in [3.8, 4) is 17.6 Å². The predicted molar refractivity (Wildman–Crippen MR) is 88.5 cm³/mol. The van der Waals surface area contributed by atoms with Crippen molar-refractivity contribution in [1.29, 1.82) is 0 Å². The number of halogens is 1. The normalized spacial score (nSPS) is 10.7. The molecule has 0 saturated heterocycles. The number of pyridine rings is 1. The lowest BCUT2D eigenvalue weighted by Crippen LogP contribution is -2.09. The highest BCUT2D eigenvalue weighted by molar-refractivity contribution is 5.30. The van der Waals surface area contributed by atoms with Crippen molar-refractivity contribution >= 4 is 0 Å². The van der Waals surface area contributed by atoms with Crippen LogP contribution in [-0.4, -0.2) is 37.9 Å². The Labute approximate surface area is 144 Å². The van der Waals surface area contributed by atoms with E-state index in [0.717, 1.165) is 5.69 Å². The lowest BCUT2D eigenvalue weighted by molar-refractivity contribution is 0.293. The summed E-state index contributed by atoms with van der Waals surface area (Å²) in [7, 11) is 0. The summed E-state index contributed by atoms with van der Waals surface area (Å²) in [6.07, 6.45) is 3.60. The Balaban J connectivity index is 1.92. The zero-order chi connectivity index (χ0) is 17.6. The molecule has 0 aliphatic heterocycles. The molecule has 3 aromatic heterocycles. The van der Waals surface area contributed by atoms with Gasteiger partial charge in [-0.15, -0.1) is 0 Å². The highest BCUT2D eigenvalue weighted by atomic mass is 19.1. The van der Waals surface area contributed by atoms with E-state index in [9.17, 15) is 4.39 Å². The SMILES string of the molecule is CCOc1cnc(Cc2ccnn2-c2cccc(F)n2)c(OCC)n1. The van der Waals surface area contributed by atoms with Gasteiger partial charge in [-0.1, -0.05) is 6.07 Å². The minimum Gasteiger partial charge on any atom is -0.477 e. The molecule has 0 unspecified atom stereocenters. The molecule has 0 radical (unpaired) electrons. The average molecular weight is 343 g/mol. The zero-order valence-electron chi connectivity index (χ0n) is 14.0. The summed E-state index contributed by atoms with van der Waals surface area (Å²) in [6, 6.07) is 6.39. The molecule has 0 atom stereocenters. The van der Waals surface area contributed by atoms with Gasteiger partial charge in [0.2, 0.25) is 17.7 Å². The summed E-state index contributed by atoms with van der Waals surface area (Å²) in [5.74, 6) is 0.662. The van der Waals surface area contributed by atoms with E-state index in [4.69, 9.17) is 9.47 Å². The maximum atomic E-state index is 13.4. The molecule has 0 aliphatic carbocycles. The highest BCUT2D eigenvalue weighted by Crippen LogP contribution is 2.21. The molecule has 3 heterocycles. The maximum Gasteiger partial charge on any atom is 0.239 e. The third kappa shape index (κ3) is 3.90. The lowest BCUT2D eigenvalue weighted by Gasteiger charge is -2.11. The maximum absolute atomic E-state index is 13.4. The summed E-state index contributed by atoms with van der Waals surface area (Å²) in [4.78, 5) is 12.6. The molecule has 25 heavy (non-hydrogen) atoms.